The van der Waals surface area contributed by atoms with Crippen LogP contribution in [-0.4, -0.2) is 24.5 Å². The number of hydrogen-bond donors (Lipinski definition) is 1. The molecule has 2 aromatic carbocycles. The van der Waals surface area contributed by atoms with Crippen molar-refractivity contribution < 1.29 is 19.1 Å². The van der Waals surface area contributed by atoms with E-state index in [1.54, 1.807) is 30.3 Å². The number of rotatable bonds is 4. The molecule has 0 radical (unpaired) electrons. The zero-order valence-corrected chi connectivity index (χ0v) is 17.5. The predicted molar refractivity (Wildman–Crippen MR) is 114 cm³/mol. The van der Waals surface area contributed by atoms with Crippen LogP contribution < -0.4 is 15.0 Å². The highest BCUT2D eigenvalue weighted by atomic mass is 79.9. The number of hydrogen-bond acceptors (Lipinski definition) is 4. The fourth-order valence-electron chi connectivity index (χ4n) is 2.67. The molecule has 3 rings (SSSR count). The molecule has 0 saturated carbocycles. The molecule has 0 bridgehead atoms. The van der Waals surface area contributed by atoms with Crippen LogP contribution in [0.3, 0.4) is 0 Å². The Labute approximate surface area is 180 Å². The van der Waals surface area contributed by atoms with Crippen molar-refractivity contribution in [3.05, 3.63) is 62.6 Å². The smallest absolute Gasteiger partial charge is 0.335 e. The lowest BCUT2D eigenvalue weighted by atomic mass is 10.1. The molecule has 1 aliphatic rings. The molecule has 1 fully saturated rings. The average molecular weight is 474 g/mol. The molecule has 0 aromatic heterocycles. The van der Waals surface area contributed by atoms with Gasteiger partial charge in [0.25, 0.3) is 11.8 Å². The molecular formula is C21H14BrClN2O4. The summed E-state index contributed by atoms with van der Waals surface area (Å²) in [5.41, 5.74) is 1.48. The molecule has 0 atom stereocenters. The van der Waals surface area contributed by atoms with Gasteiger partial charge in [-0.3, -0.25) is 14.9 Å². The molecule has 1 aliphatic heterocycles. The number of benzene rings is 2. The van der Waals surface area contributed by atoms with Crippen LogP contribution in [0.25, 0.3) is 6.08 Å². The van der Waals surface area contributed by atoms with Gasteiger partial charge in [-0.2, -0.15) is 0 Å². The Morgan fingerprint density at radius 2 is 2.00 bits per heavy atom. The molecule has 0 unspecified atom stereocenters. The van der Waals surface area contributed by atoms with Gasteiger partial charge in [0.05, 0.1) is 10.7 Å². The molecule has 4 amide bonds. The molecular weight excluding hydrogens is 460 g/mol. The Morgan fingerprint density at radius 1 is 1.24 bits per heavy atom. The standard InChI is InChI=1S/C21H14BrClN2O4/c1-3-8-29-18-7-4-13(11-17(18)23)10-15-19(26)24-21(28)25(20(15)27)14-5-6-16(22)12(2)9-14/h1,4-7,9-11H,8H2,2H3,(H,24,26,28)/b15-10-. The molecule has 6 nitrogen and oxygen atoms in total. The Kier molecular flexibility index (Phi) is 6.06. The number of ether oxygens (including phenoxy) is 1. The van der Waals surface area contributed by atoms with Crippen LogP contribution in [0.15, 0.2) is 46.4 Å². The summed E-state index contributed by atoms with van der Waals surface area (Å²) in [5.74, 6) is 1.20. The van der Waals surface area contributed by atoms with Gasteiger partial charge in [-0.1, -0.05) is 39.5 Å². The lowest BCUT2D eigenvalue weighted by molar-refractivity contribution is -0.122. The van der Waals surface area contributed by atoms with Crippen LogP contribution >= 0.6 is 27.5 Å². The number of imide groups is 2. The van der Waals surface area contributed by atoms with Gasteiger partial charge < -0.3 is 4.74 Å². The third kappa shape index (κ3) is 4.34. The van der Waals surface area contributed by atoms with E-state index in [0.717, 1.165) is 14.9 Å². The Bertz CT molecular complexity index is 1100. The minimum atomic E-state index is -0.810. The zero-order chi connectivity index (χ0) is 21.1. The third-order valence-electron chi connectivity index (χ3n) is 4.08. The number of carbonyl (C=O) groups excluding carboxylic acids is 3. The fourth-order valence-corrected chi connectivity index (χ4v) is 3.16. The summed E-state index contributed by atoms with van der Waals surface area (Å²) < 4.78 is 6.12. The summed E-state index contributed by atoms with van der Waals surface area (Å²) in [6.45, 7) is 1.89. The van der Waals surface area contributed by atoms with E-state index in [0.29, 0.717) is 17.0 Å². The van der Waals surface area contributed by atoms with E-state index < -0.39 is 17.8 Å². The van der Waals surface area contributed by atoms with Crippen molar-refractivity contribution in [2.24, 2.45) is 0 Å². The van der Waals surface area contributed by atoms with Crippen LogP contribution in [-0.2, 0) is 9.59 Å². The number of carbonyl (C=O) groups is 3. The molecule has 0 aliphatic carbocycles. The summed E-state index contributed by atoms with van der Waals surface area (Å²) >= 11 is 9.53. The first-order valence-electron chi connectivity index (χ1n) is 8.35. The Balaban J connectivity index is 1.96. The summed E-state index contributed by atoms with van der Waals surface area (Å²) in [4.78, 5) is 38.4. The number of amides is 4. The molecule has 1 N–H and O–H groups in total. The second-order valence-corrected chi connectivity index (χ2v) is 7.34. The van der Waals surface area contributed by atoms with Gasteiger partial charge in [0.2, 0.25) is 0 Å². The van der Waals surface area contributed by atoms with Crippen molar-refractivity contribution in [1.82, 2.24) is 5.32 Å². The molecule has 0 spiro atoms. The number of halogens is 2. The number of barbiturate groups is 1. The highest BCUT2D eigenvalue weighted by Gasteiger charge is 2.36. The van der Waals surface area contributed by atoms with E-state index in [4.69, 9.17) is 22.8 Å². The maximum absolute atomic E-state index is 12.9. The van der Waals surface area contributed by atoms with Crippen LogP contribution in [0.2, 0.25) is 5.02 Å². The predicted octanol–water partition coefficient (Wildman–Crippen LogP) is 4.09. The van der Waals surface area contributed by atoms with Crippen molar-refractivity contribution in [1.29, 1.82) is 0 Å². The molecule has 2 aromatic rings. The average Bonchev–Trinajstić information content (AvgIpc) is 2.67. The number of urea groups is 1. The maximum Gasteiger partial charge on any atom is 0.335 e. The SMILES string of the molecule is C#CCOc1ccc(/C=C2/C(=O)NC(=O)N(c3ccc(Br)c(C)c3)C2=O)cc1Cl. The number of anilines is 1. The summed E-state index contributed by atoms with van der Waals surface area (Å²) in [7, 11) is 0. The van der Waals surface area contributed by atoms with Crippen molar-refractivity contribution >= 4 is 57.1 Å². The van der Waals surface area contributed by atoms with Gasteiger partial charge >= 0.3 is 6.03 Å². The highest BCUT2D eigenvalue weighted by Crippen LogP contribution is 2.29. The van der Waals surface area contributed by atoms with Gasteiger partial charge in [-0.15, -0.1) is 6.42 Å². The van der Waals surface area contributed by atoms with E-state index in [-0.39, 0.29) is 17.2 Å². The number of terminal acetylenes is 1. The molecule has 8 heteroatoms. The second kappa shape index (κ2) is 8.52. The number of aryl methyl sites for hydroxylation is 1. The normalized spacial score (nSPS) is 15.3. The molecule has 146 valence electrons. The van der Waals surface area contributed by atoms with Gasteiger partial charge in [0.1, 0.15) is 17.9 Å². The van der Waals surface area contributed by atoms with Crippen molar-refractivity contribution in [2.75, 3.05) is 11.5 Å². The van der Waals surface area contributed by atoms with E-state index in [9.17, 15) is 14.4 Å². The minimum absolute atomic E-state index is 0.0602. The topological polar surface area (TPSA) is 75.7 Å². The van der Waals surface area contributed by atoms with Gasteiger partial charge in [0.15, 0.2) is 0 Å². The largest absolute Gasteiger partial charge is 0.479 e. The first-order valence-corrected chi connectivity index (χ1v) is 9.52. The first kappa shape index (κ1) is 20.6. The van der Waals surface area contributed by atoms with Gasteiger partial charge in [-0.05, 0) is 54.5 Å². The van der Waals surface area contributed by atoms with E-state index in [2.05, 4.69) is 27.2 Å². The highest BCUT2D eigenvalue weighted by molar-refractivity contribution is 9.10. The number of nitrogens with zero attached hydrogens (tertiary/aromatic N) is 1. The van der Waals surface area contributed by atoms with Gasteiger partial charge in [0, 0.05) is 4.47 Å². The maximum atomic E-state index is 12.9. The Hall–Kier alpha value is -3.08. The minimum Gasteiger partial charge on any atom is -0.479 e. The fraction of sp³-hybridized carbons (Fsp3) is 0.0952. The van der Waals surface area contributed by atoms with Crippen molar-refractivity contribution in [2.45, 2.75) is 6.92 Å². The first-order chi connectivity index (χ1) is 13.8. The summed E-state index contributed by atoms with van der Waals surface area (Å²) in [6.07, 6.45) is 6.52. The van der Waals surface area contributed by atoms with Crippen LogP contribution in [0.4, 0.5) is 10.5 Å². The van der Waals surface area contributed by atoms with Gasteiger partial charge in [-0.25, -0.2) is 9.69 Å². The van der Waals surface area contributed by atoms with Crippen LogP contribution in [0.5, 0.6) is 5.75 Å². The zero-order valence-electron chi connectivity index (χ0n) is 15.2. The quantitative estimate of drug-likeness (QED) is 0.412. The molecule has 1 saturated heterocycles. The van der Waals surface area contributed by atoms with E-state index in [1.807, 2.05) is 6.92 Å². The monoisotopic (exact) mass is 472 g/mol. The second-order valence-electron chi connectivity index (χ2n) is 6.07. The van der Waals surface area contributed by atoms with Crippen molar-refractivity contribution in [3.63, 3.8) is 0 Å². The van der Waals surface area contributed by atoms with E-state index >= 15 is 0 Å². The molecule has 29 heavy (non-hydrogen) atoms. The lowest BCUT2D eigenvalue weighted by Crippen LogP contribution is -2.54. The van der Waals surface area contributed by atoms with Crippen LogP contribution in [0.1, 0.15) is 11.1 Å². The van der Waals surface area contributed by atoms with Crippen molar-refractivity contribution in [3.8, 4) is 18.1 Å². The van der Waals surface area contributed by atoms with E-state index in [1.165, 1.54) is 12.1 Å². The third-order valence-corrected chi connectivity index (χ3v) is 5.26. The van der Waals surface area contributed by atoms with Crippen LogP contribution in [0, 0.1) is 19.3 Å². The summed E-state index contributed by atoms with van der Waals surface area (Å²) in [5, 5.41) is 2.46. The number of nitrogens with one attached hydrogen (secondary N) is 1. The lowest BCUT2D eigenvalue weighted by Gasteiger charge is -2.26. The molecule has 1 heterocycles. The summed E-state index contributed by atoms with van der Waals surface area (Å²) in [6, 6.07) is 8.93. The Morgan fingerprint density at radius 3 is 2.66 bits per heavy atom.